The molecule has 0 unspecified atom stereocenters. The summed E-state index contributed by atoms with van der Waals surface area (Å²) in [6, 6.07) is 0. The third-order valence-electron chi connectivity index (χ3n) is 2.54. The van der Waals surface area contributed by atoms with Gasteiger partial charge in [0, 0.05) is 19.4 Å². The van der Waals surface area contributed by atoms with Crippen LogP contribution >= 0.6 is 11.6 Å². The molecule has 3 rings (SSSR count). The highest BCUT2D eigenvalue weighted by atomic mass is 35.5. The van der Waals surface area contributed by atoms with Crippen LogP contribution in [0.2, 0.25) is 5.28 Å². The van der Waals surface area contributed by atoms with Crippen LogP contribution in [0.15, 0.2) is 25.0 Å². The van der Waals surface area contributed by atoms with Gasteiger partial charge in [-0.3, -0.25) is 4.57 Å². The Hall–Kier alpha value is -2.55. The van der Waals surface area contributed by atoms with Gasteiger partial charge >= 0.3 is 0 Å². The first kappa shape index (κ1) is 12.5. The predicted octanol–water partition coefficient (Wildman–Crippen LogP) is 0.451. The summed E-state index contributed by atoms with van der Waals surface area (Å²) in [4.78, 5) is 16.2. The van der Waals surface area contributed by atoms with Crippen molar-refractivity contribution in [3.8, 4) is 5.95 Å². The number of aryl methyl sites for hydroxylation is 1. The molecule has 0 aliphatic heterocycles. The van der Waals surface area contributed by atoms with Gasteiger partial charge in [0.25, 0.3) is 0 Å². The lowest BCUT2D eigenvalue weighted by Gasteiger charge is -2.06. The summed E-state index contributed by atoms with van der Waals surface area (Å²) >= 11 is 5.89. The number of imidazole rings is 1. The summed E-state index contributed by atoms with van der Waals surface area (Å²) < 4.78 is 3.44. The minimum absolute atomic E-state index is 0.101. The molecule has 0 atom stereocenters. The van der Waals surface area contributed by atoms with Crippen molar-refractivity contribution in [2.75, 3.05) is 5.32 Å². The molecule has 0 saturated heterocycles. The van der Waals surface area contributed by atoms with Gasteiger partial charge in [0.1, 0.15) is 12.7 Å². The van der Waals surface area contributed by atoms with Crippen LogP contribution in [-0.2, 0) is 13.6 Å². The number of hydrogen-bond acceptors (Lipinski definition) is 7. The zero-order chi connectivity index (χ0) is 13.9. The van der Waals surface area contributed by atoms with Crippen molar-refractivity contribution in [3.05, 3.63) is 36.2 Å². The normalized spacial score (nSPS) is 10.7. The van der Waals surface area contributed by atoms with Crippen LogP contribution in [0.1, 0.15) is 5.82 Å². The molecule has 10 heteroatoms. The Labute approximate surface area is 118 Å². The number of aromatic nitrogens is 8. The number of hydrogen-bond donors (Lipinski definition) is 1. The molecule has 9 nitrogen and oxygen atoms in total. The highest BCUT2D eigenvalue weighted by molar-refractivity contribution is 6.28. The Morgan fingerprint density at radius 3 is 2.85 bits per heavy atom. The third-order valence-corrected chi connectivity index (χ3v) is 2.71. The monoisotopic (exact) mass is 291 g/mol. The van der Waals surface area contributed by atoms with Crippen LogP contribution in [0.4, 0.5) is 5.95 Å². The molecule has 0 saturated carbocycles. The van der Waals surface area contributed by atoms with E-state index in [0.717, 1.165) is 5.82 Å². The molecule has 3 heterocycles. The summed E-state index contributed by atoms with van der Waals surface area (Å²) in [6.45, 7) is 0.431. The molecule has 0 fully saturated rings. The summed E-state index contributed by atoms with van der Waals surface area (Å²) in [5.41, 5.74) is 0. The minimum Gasteiger partial charge on any atom is -0.347 e. The molecule has 0 aliphatic rings. The second-order valence-corrected chi connectivity index (χ2v) is 4.25. The van der Waals surface area contributed by atoms with E-state index in [-0.39, 0.29) is 5.28 Å². The molecule has 0 aromatic carbocycles. The average molecular weight is 292 g/mol. The fourth-order valence-corrected chi connectivity index (χ4v) is 1.69. The zero-order valence-electron chi connectivity index (χ0n) is 10.5. The second-order valence-electron chi connectivity index (χ2n) is 3.91. The molecule has 0 aliphatic carbocycles. The standard InChI is InChI=1S/C10H10ClN9/c1-19-6-14-18-7(19)4-13-9-15-8(11)16-10(17-9)20-3-2-12-5-20/h2-3,5-6H,4H2,1H3,(H,13,15,16,17). The van der Waals surface area contributed by atoms with Crippen molar-refractivity contribution in [1.82, 2.24) is 39.3 Å². The van der Waals surface area contributed by atoms with E-state index in [0.29, 0.717) is 18.4 Å². The lowest BCUT2D eigenvalue weighted by atomic mass is 10.6. The van der Waals surface area contributed by atoms with Crippen molar-refractivity contribution in [2.45, 2.75) is 6.54 Å². The smallest absolute Gasteiger partial charge is 0.241 e. The topological polar surface area (TPSA) is 99.2 Å². The van der Waals surface area contributed by atoms with E-state index in [4.69, 9.17) is 11.6 Å². The Morgan fingerprint density at radius 1 is 1.25 bits per heavy atom. The van der Waals surface area contributed by atoms with E-state index in [1.165, 1.54) is 0 Å². The van der Waals surface area contributed by atoms with Crippen molar-refractivity contribution < 1.29 is 0 Å². The van der Waals surface area contributed by atoms with E-state index >= 15 is 0 Å². The molecule has 0 amide bonds. The molecule has 102 valence electrons. The van der Waals surface area contributed by atoms with Crippen molar-refractivity contribution in [1.29, 1.82) is 0 Å². The van der Waals surface area contributed by atoms with Crippen LogP contribution in [0.5, 0.6) is 0 Å². The van der Waals surface area contributed by atoms with E-state index in [1.54, 1.807) is 34.2 Å². The first-order valence-electron chi connectivity index (χ1n) is 5.69. The molecular weight excluding hydrogens is 282 g/mol. The van der Waals surface area contributed by atoms with Crippen LogP contribution in [0.25, 0.3) is 5.95 Å². The minimum atomic E-state index is 0.101. The Bertz CT molecular complexity index is 705. The molecular formula is C10H10ClN9. The molecule has 20 heavy (non-hydrogen) atoms. The van der Waals surface area contributed by atoms with Crippen molar-refractivity contribution in [3.63, 3.8) is 0 Å². The Kier molecular flexibility index (Phi) is 3.25. The summed E-state index contributed by atoms with van der Waals surface area (Å²) in [5, 5.41) is 10.9. The van der Waals surface area contributed by atoms with E-state index in [2.05, 4.69) is 35.5 Å². The maximum Gasteiger partial charge on any atom is 0.241 e. The molecule has 0 spiro atoms. The first-order chi connectivity index (χ1) is 9.72. The van der Waals surface area contributed by atoms with Gasteiger partial charge < -0.3 is 9.88 Å². The molecule has 0 bridgehead atoms. The van der Waals surface area contributed by atoms with Crippen LogP contribution in [0, 0.1) is 0 Å². The molecule has 1 N–H and O–H groups in total. The van der Waals surface area contributed by atoms with Gasteiger partial charge in [-0.15, -0.1) is 10.2 Å². The number of nitrogens with one attached hydrogen (secondary N) is 1. The highest BCUT2D eigenvalue weighted by Crippen LogP contribution is 2.10. The number of anilines is 1. The van der Waals surface area contributed by atoms with Crippen LogP contribution in [-0.4, -0.2) is 39.3 Å². The average Bonchev–Trinajstić information content (AvgIpc) is 3.07. The quantitative estimate of drug-likeness (QED) is 0.745. The Morgan fingerprint density at radius 2 is 2.15 bits per heavy atom. The summed E-state index contributed by atoms with van der Waals surface area (Å²) in [5.74, 6) is 1.50. The summed E-state index contributed by atoms with van der Waals surface area (Å²) in [7, 11) is 1.86. The SMILES string of the molecule is Cn1cnnc1CNc1nc(Cl)nc(-n2ccnc2)n1. The largest absolute Gasteiger partial charge is 0.347 e. The van der Waals surface area contributed by atoms with E-state index < -0.39 is 0 Å². The van der Waals surface area contributed by atoms with E-state index in [9.17, 15) is 0 Å². The molecule has 3 aromatic rings. The predicted molar refractivity (Wildman–Crippen MR) is 70.3 cm³/mol. The number of rotatable bonds is 4. The first-order valence-corrected chi connectivity index (χ1v) is 6.07. The van der Waals surface area contributed by atoms with Crippen molar-refractivity contribution in [2.24, 2.45) is 7.05 Å². The second kappa shape index (κ2) is 5.21. The fourth-order valence-electron chi connectivity index (χ4n) is 1.54. The van der Waals surface area contributed by atoms with Gasteiger partial charge in [0.2, 0.25) is 17.2 Å². The lowest BCUT2D eigenvalue weighted by Crippen LogP contribution is -2.10. The third kappa shape index (κ3) is 2.57. The van der Waals surface area contributed by atoms with Crippen LogP contribution in [0.3, 0.4) is 0 Å². The maximum atomic E-state index is 5.89. The lowest BCUT2D eigenvalue weighted by molar-refractivity contribution is 0.802. The van der Waals surface area contributed by atoms with Crippen LogP contribution < -0.4 is 5.32 Å². The van der Waals surface area contributed by atoms with Gasteiger partial charge in [-0.05, 0) is 11.6 Å². The maximum absolute atomic E-state index is 5.89. The van der Waals surface area contributed by atoms with Gasteiger partial charge in [-0.25, -0.2) is 4.98 Å². The van der Waals surface area contributed by atoms with Gasteiger partial charge in [-0.1, -0.05) is 0 Å². The Balaban J connectivity index is 1.81. The number of halogens is 1. The van der Waals surface area contributed by atoms with Gasteiger partial charge in [0.05, 0.1) is 6.54 Å². The van der Waals surface area contributed by atoms with Gasteiger partial charge in [-0.2, -0.15) is 15.0 Å². The molecule has 3 aromatic heterocycles. The number of nitrogens with zero attached hydrogens (tertiary/aromatic N) is 8. The fraction of sp³-hybridized carbons (Fsp3) is 0.200. The van der Waals surface area contributed by atoms with E-state index in [1.807, 2.05) is 7.05 Å². The summed E-state index contributed by atoms with van der Waals surface area (Å²) in [6.07, 6.45) is 6.55. The van der Waals surface area contributed by atoms with Gasteiger partial charge in [0.15, 0.2) is 5.82 Å². The zero-order valence-corrected chi connectivity index (χ0v) is 11.2. The highest BCUT2D eigenvalue weighted by Gasteiger charge is 2.07. The molecule has 0 radical (unpaired) electrons. The van der Waals surface area contributed by atoms with Crippen molar-refractivity contribution >= 4 is 17.5 Å².